The highest BCUT2D eigenvalue weighted by molar-refractivity contribution is 6.34. The highest BCUT2D eigenvalue weighted by Gasteiger charge is 2.39. The third kappa shape index (κ3) is 1.04. The molecule has 3 N–H and O–H groups in total. The summed E-state index contributed by atoms with van der Waals surface area (Å²) in [7, 11) is 0. The van der Waals surface area contributed by atoms with Crippen LogP contribution in [-0.2, 0) is 10.3 Å². The number of halogens is 1. The van der Waals surface area contributed by atoms with Crippen molar-refractivity contribution in [2.75, 3.05) is 5.32 Å². The molecule has 1 aliphatic rings. The highest BCUT2D eigenvalue weighted by atomic mass is 35.5. The Labute approximate surface area is 80.9 Å². The Kier molecular flexibility index (Phi) is 1.62. The summed E-state index contributed by atoms with van der Waals surface area (Å²) in [5, 5.41) is 3.19. The first-order valence-electron chi connectivity index (χ1n) is 3.93. The van der Waals surface area contributed by atoms with Crippen LogP contribution in [0, 0.1) is 0 Å². The van der Waals surface area contributed by atoms with Crippen molar-refractivity contribution in [2.24, 2.45) is 5.73 Å². The van der Waals surface area contributed by atoms with Gasteiger partial charge in [-0.25, -0.2) is 0 Å². The van der Waals surface area contributed by atoms with Crippen LogP contribution in [0.2, 0.25) is 5.02 Å². The van der Waals surface area contributed by atoms with E-state index in [4.69, 9.17) is 17.3 Å². The number of benzene rings is 1. The number of carbonyl (C=O) groups excluding carboxylic acids is 1. The molecule has 68 valence electrons. The number of carbonyl (C=O) groups is 1. The number of para-hydroxylation sites is 1. The van der Waals surface area contributed by atoms with Crippen LogP contribution in [0.25, 0.3) is 0 Å². The number of hydrogen-bond acceptors (Lipinski definition) is 2. The normalized spacial score (nSPS) is 25.6. The van der Waals surface area contributed by atoms with Crippen LogP contribution in [0.5, 0.6) is 0 Å². The van der Waals surface area contributed by atoms with Gasteiger partial charge >= 0.3 is 0 Å². The number of fused-ring (bicyclic) bond motifs is 1. The van der Waals surface area contributed by atoms with E-state index in [2.05, 4.69) is 5.32 Å². The SMILES string of the molecule is C[C@@]1(N)C(=O)Nc2c(Cl)cccc21. The molecule has 0 saturated carbocycles. The number of rotatable bonds is 0. The number of nitrogens with two attached hydrogens (primary N) is 1. The molecule has 1 atom stereocenters. The summed E-state index contributed by atoms with van der Waals surface area (Å²) >= 11 is 5.89. The molecule has 1 aliphatic heterocycles. The first kappa shape index (κ1) is 8.53. The first-order valence-corrected chi connectivity index (χ1v) is 4.30. The van der Waals surface area contributed by atoms with Crippen LogP contribution in [-0.4, -0.2) is 5.91 Å². The second-order valence-electron chi connectivity index (χ2n) is 3.32. The Bertz CT molecular complexity index is 387. The predicted molar refractivity (Wildman–Crippen MR) is 51.6 cm³/mol. The van der Waals surface area contributed by atoms with Gasteiger partial charge in [-0.15, -0.1) is 0 Å². The van der Waals surface area contributed by atoms with Gasteiger partial charge in [-0.1, -0.05) is 23.7 Å². The molecule has 0 aromatic heterocycles. The number of amides is 1. The molecule has 0 fully saturated rings. The lowest BCUT2D eigenvalue weighted by molar-refractivity contribution is -0.120. The molecule has 0 unspecified atom stereocenters. The van der Waals surface area contributed by atoms with Gasteiger partial charge in [-0.05, 0) is 13.0 Å². The quantitative estimate of drug-likeness (QED) is 0.660. The van der Waals surface area contributed by atoms with Crippen LogP contribution in [0.1, 0.15) is 12.5 Å². The highest BCUT2D eigenvalue weighted by Crippen LogP contribution is 2.38. The number of anilines is 1. The first-order chi connectivity index (χ1) is 6.03. The van der Waals surface area contributed by atoms with Crippen molar-refractivity contribution in [3.8, 4) is 0 Å². The van der Waals surface area contributed by atoms with Gasteiger partial charge in [-0.3, -0.25) is 4.79 Å². The summed E-state index contributed by atoms with van der Waals surface area (Å²) in [6, 6.07) is 5.31. The Hall–Kier alpha value is -1.06. The van der Waals surface area contributed by atoms with Crippen molar-refractivity contribution >= 4 is 23.2 Å². The van der Waals surface area contributed by atoms with E-state index in [1.54, 1.807) is 25.1 Å². The molecular formula is C9H9ClN2O. The summed E-state index contributed by atoms with van der Waals surface area (Å²) in [6.45, 7) is 1.67. The van der Waals surface area contributed by atoms with Crippen LogP contribution in [0.15, 0.2) is 18.2 Å². The number of hydrogen-bond donors (Lipinski definition) is 2. The molecule has 1 aromatic rings. The standard InChI is InChI=1S/C9H9ClN2O/c1-9(11)5-3-2-4-6(10)7(5)12-8(9)13/h2-4H,11H2,1H3,(H,12,13)/t9-/m0/s1. The van der Waals surface area contributed by atoms with Crippen LogP contribution >= 0.6 is 11.6 Å². The Morgan fingerprint density at radius 3 is 2.85 bits per heavy atom. The molecule has 13 heavy (non-hydrogen) atoms. The van der Waals surface area contributed by atoms with Gasteiger partial charge in [0.2, 0.25) is 5.91 Å². The molecule has 4 heteroatoms. The van der Waals surface area contributed by atoms with E-state index >= 15 is 0 Å². The second-order valence-corrected chi connectivity index (χ2v) is 3.73. The third-order valence-electron chi connectivity index (χ3n) is 2.28. The smallest absolute Gasteiger partial charge is 0.248 e. The second kappa shape index (κ2) is 2.47. The van der Waals surface area contributed by atoms with Crippen LogP contribution in [0.4, 0.5) is 5.69 Å². The maximum atomic E-state index is 11.4. The Morgan fingerprint density at radius 1 is 1.54 bits per heavy atom. The largest absolute Gasteiger partial charge is 0.323 e. The minimum absolute atomic E-state index is 0.212. The Morgan fingerprint density at radius 2 is 2.23 bits per heavy atom. The molecule has 0 radical (unpaired) electrons. The molecule has 1 aromatic carbocycles. The van der Waals surface area contributed by atoms with Crippen molar-refractivity contribution in [1.29, 1.82) is 0 Å². The van der Waals surface area contributed by atoms with E-state index in [1.807, 2.05) is 0 Å². The monoisotopic (exact) mass is 196 g/mol. The molecule has 0 saturated heterocycles. The zero-order valence-electron chi connectivity index (χ0n) is 7.10. The zero-order valence-corrected chi connectivity index (χ0v) is 7.85. The van der Waals surface area contributed by atoms with E-state index in [0.717, 1.165) is 5.56 Å². The van der Waals surface area contributed by atoms with Crippen molar-refractivity contribution in [1.82, 2.24) is 0 Å². The fraction of sp³-hybridized carbons (Fsp3) is 0.222. The van der Waals surface area contributed by atoms with Gasteiger partial charge in [0.25, 0.3) is 0 Å². The summed E-state index contributed by atoms with van der Waals surface area (Å²) < 4.78 is 0. The average Bonchev–Trinajstić information content (AvgIpc) is 2.28. The molecule has 1 amide bonds. The maximum absolute atomic E-state index is 11.4. The summed E-state index contributed by atoms with van der Waals surface area (Å²) in [4.78, 5) is 11.4. The zero-order chi connectivity index (χ0) is 9.64. The van der Waals surface area contributed by atoms with Gasteiger partial charge in [0, 0.05) is 5.56 Å². The van der Waals surface area contributed by atoms with E-state index in [1.165, 1.54) is 0 Å². The van der Waals surface area contributed by atoms with Gasteiger partial charge in [0.1, 0.15) is 5.54 Å². The lowest BCUT2D eigenvalue weighted by atomic mass is 9.95. The van der Waals surface area contributed by atoms with Crippen LogP contribution in [0.3, 0.4) is 0 Å². The van der Waals surface area contributed by atoms with E-state index < -0.39 is 5.54 Å². The average molecular weight is 197 g/mol. The van der Waals surface area contributed by atoms with Crippen LogP contribution < -0.4 is 11.1 Å². The fourth-order valence-corrected chi connectivity index (χ4v) is 1.67. The van der Waals surface area contributed by atoms with Crippen molar-refractivity contribution in [3.63, 3.8) is 0 Å². The summed E-state index contributed by atoms with van der Waals surface area (Å²) in [5.74, 6) is -0.212. The van der Waals surface area contributed by atoms with Crippen molar-refractivity contribution in [2.45, 2.75) is 12.5 Å². The van der Waals surface area contributed by atoms with Crippen molar-refractivity contribution < 1.29 is 4.79 Å². The molecule has 1 heterocycles. The fourth-order valence-electron chi connectivity index (χ4n) is 1.45. The van der Waals surface area contributed by atoms with E-state index in [0.29, 0.717) is 10.7 Å². The molecule has 0 bridgehead atoms. The molecule has 3 nitrogen and oxygen atoms in total. The lowest BCUT2D eigenvalue weighted by Gasteiger charge is -2.14. The molecule has 0 spiro atoms. The van der Waals surface area contributed by atoms with Gasteiger partial charge in [0.05, 0.1) is 10.7 Å². The molecular weight excluding hydrogens is 188 g/mol. The number of nitrogens with one attached hydrogen (secondary N) is 1. The van der Waals surface area contributed by atoms with Gasteiger partial charge in [-0.2, -0.15) is 0 Å². The molecule has 0 aliphatic carbocycles. The summed E-state index contributed by atoms with van der Waals surface area (Å²) in [5.41, 5.74) is 6.27. The minimum atomic E-state index is -0.958. The Balaban J connectivity index is 2.68. The van der Waals surface area contributed by atoms with Gasteiger partial charge < -0.3 is 11.1 Å². The maximum Gasteiger partial charge on any atom is 0.248 e. The van der Waals surface area contributed by atoms with Crippen molar-refractivity contribution in [3.05, 3.63) is 28.8 Å². The van der Waals surface area contributed by atoms with E-state index in [-0.39, 0.29) is 5.91 Å². The lowest BCUT2D eigenvalue weighted by Crippen LogP contribution is -2.40. The third-order valence-corrected chi connectivity index (χ3v) is 2.60. The molecule has 2 rings (SSSR count). The summed E-state index contributed by atoms with van der Waals surface area (Å²) in [6.07, 6.45) is 0. The van der Waals surface area contributed by atoms with E-state index in [9.17, 15) is 4.79 Å². The topological polar surface area (TPSA) is 55.1 Å². The minimum Gasteiger partial charge on any atom is -0.323 e. The predicted octanol–water partition coefficient (Wildman–Crippen LogP) is 1.47. The van der Waals surface area contributed by atoms with Gasteiger partial charge in [0.15, 0.2) is 0 Å².